The molecular formula is C76H145NO5. The molecule has 0 saturated carbocycles. The molecule has 0 aromatic heterocycles. The number of carbonyl (C=O) groups is 2. The zero-order chi connectivity index (χ0) is 59.2. The molecule has 2 unspecified atom stereocenters. The van der Waals surface area contributed by atoms with E-state index < -0.39 is 12.1 Å². The van der Waals surface area contributed by atoms with Crippen molar-refractivity contribution in [2.45, 2.75) is 424 Å². The predicted octanol–water partition coefficient (Wildman–Crippen LogP) is 24.3. The predicted molar refractivity (Wildman–Crippen MR) is 361 cm³/mol. The van der Waals surface area contributed by atoms with Crippen LogP contribution in [-0.2, 0) is 14.3 Å². The molecule has 0 radical (unpaired) electrons. The Bertz CT molecular complexity index is 1330. The quantitative estimate of drug-likeness (QED) is 0.0320. The van der Waals surface area contributed by atoms with Crippen molar-refractivity contribution in [3.05, 3.63) is 36.5 Å². The molecule has 0 aromatic carbocycles. The lowest BCUT2D eigenvalue weighted by molar-refractivity contribution is -0.143. The van der Waals surface area contributed by atoms with Crippen molar-refractivity contribution in [3.63, 3.8) is 0 Å². The lowest BCUT2D eigenvalue weighted by Gasteiger charge is -2.20. The molecule has 0 aromatic rings. The van der Waals surface area contributed by atoms with Gasteiger partial charge in [0.1, 0.15) is 0 Å². The van der Waals surface area contributed by atoms with E-state index in [0.717, 1.165) is 44.9 Å². The van der Waals surface area contributed by atoms with Crippen molar-refractivity contribution < 1.29 is 24.5 Å². The molecule has 0 saturated heterocycles. The van der Waals surface area contributed by atoms with Gasteiger partial charge in [-0.3, -0.25) is 9.59 Å². The molecule has 3 N–H and O–H groups in total. The number of amides is 1. The molecule has 0 fully saturated rings. The second kappa shape index (κ2) is 71.6. The molecule has 6 heteroatoms. The first-order valence-electron chi connectivity index (χ1n) is 37.3. The normalized spacial score (nSPS) is 12.7. The first kappa shape index (κ1) is 80.1. The number of nitrogens with one attached hydrogen (secondary N) is 1. The Morgan fingerprint density at radius 2 is 0.573 bits per heavy atom. The van der Waals surface area contributed by atoms with E-state index in [0.29, 0.717) is 19.4 Å². The molecule has 0 rings (SSSR count). The van der Waals surface area contributed by atoms with Crippen molar-refractivity contribution in [1.29, 1.82) is 0 Å². The van der Waals surface area contributed by atoms with E-state index in [2.05, 4.69) is 43.5 Å². The molecule has 0 bridgehead atoms. The fourth-order valence-corrected chi connectivity index (χ4v) is 11.7. The third kappa shape index (κ3) is 67.2. The van der Waals surface area contributed by atoms with Crippen LogP contribution in [0.4, 0.5) is 0 Å². The molecule has 0 aliphatic rings. The van der Waals surface area contributed by atoms with Gasteiger partial charge in [-0.15, -0.1) is 0 Å². The molecule has 0 heterocycles. The van der Waals surface area contributed by atoms with Crippen molar-refractivity contribution in [3.8, 4) is 0 Å². The van der Waals surface area contributed by atoms with Gasteiger partial charge in [0.15, 0.2) is 0 Å². The highest BCUT2D eigenvalue weighted by Gasteiger charge is 2.18. The summed E-state index contributed by atoms with van der Waals surface area (Å²) in [6.07, 6.45) is 92.3. The van der Waals surface area contributed by atoms with Crippen LogP contribution >= 0.6 is 0 Å². The van der Waals surface area contributed by atoms with Crippen LogP contribution in [0.5, 0.6) is 0 Å². The molecule has 484 valence electrons. The maximum atomic E-state index is 12.5. The molecular weight excluding hydrogens is 1010 g/mol. The van der Waals surface area contributed by atoms with E-state index in [1.165, 1.54) is 340 Å². The fourth-order valence-electron chi connectivity index (χ4n) is 11.7. The monoisotopic (exact) mass is 1150 g/mol. The maximum absolute atomic E-state index is 12.5. The lowest BCUT2D eigenvalue weighted by Crippen LogP contribution is -2.45. The summed E-state index contributed by atoms with van der Waals surface area (Å²) in [5, 5.41) is 23.3. The van der Waals surface area contributed by atoms with E-state index in [4.69, 9.17) is 4.74 Å². The van der Waals surface area contributed by atoms with Crippen molar-refractivity contribution in [2.24, 2.45) is 0 Å². The molecule has 1 amide bonds. The third-order valence-electron chi connectivity index (χ3n) is 17.4. The number of esters is 1. The highest BCUT2D eigenvalue weighted by molar-refractivity contribution is 5.76. The summed E-state index contributed by atoms with van der Waals surface area (Å²) in [6.45, 7) is 4.94. The van der Waals surface area contributed by atoms with Crippen LogP contribution in [0.25, 0.3) is 0 Å². The largest absolute Gasteiger partial charge is 0.466 e. The number of hydrogen-bond acceptors (Lipinski definition) is 5. The number of ether oxygens (including phenoxy) is 1. The first-order chi connectivity index (χ1) is 40.5. The molecule has 6 nitrogen and oxygen atoms in total. The van der Waals surface area contributed by atoms with Gasteiger partial charge in [-0.25, -0.2) is 0 Å². The van der Waals surface area contributed by atoms with Gasteiger partial charge >= 0.3 is 5.97 Å². The standard InChI is InChI=1S/C76H145NO5/c1-3-5-7-9-11-13-15-17-19-21-23-30-33-36-40-44-48-52-56-60-64-68-74(79)73(72-78)77-75(80)69-65-61-57-53-49-45-41-37-34-31-28-26-24-25-27-29-32-35-39-43-47-51-55-59-63-67-71-82-76(81)70-66-62-58-54-50-46-42-38-22-20-18-16-14-12-10-8-6-4-2/h20,22,24,26,64,68,73-74,78-79H,3-19,21,23,25,27-63,65-67,69-72H2,1-2H3,(H,77,80)/b22-20-,26-24-,68-64+. The summed E-state index contributed by atoms with van der Waals surface area (Å²) in [5.74, 6) is -0.0543. The number of rotatable bonds is 70. The van der Waals surface area contributed by atoms with E-state index in [-0.39, 0.29) is 18.5 Å². The summed E-state index contributed by atoms with van der Waals surface area (Å²) in [7, 11) is 0. The zero-order valence-electron chi connectivity index (χ0n) is 55.5. The van der Waals surface area contributed by atoms with E-state index in [1.807, 2.05) is 6.08 Å². The summed E-state index contributed by atoms with van der Waals surface area (Å²) >= 11 is 0. The molecule has 0 aliphatic heterocycles. The summed E-state index contributed by atoms with van der Waals surface area (Å²) in [4.78, 5) is 24.6. The number of hydrogen-bond donors (Lipinski definition) is 3. The van der Waals surface area contributed by atoms with Crippen LogP contribution in [0.1, 0.15) is 412 Å². The average molecular weight is 1150 g/mol. The minimum absolute atomic E-state index is 0.0117. The molecule has 82 heavy (non-hydrogen) atoms. The number of aliphatic hydroxyl groups excluding tert-OH is 2. The third-order valence-corrected chi connectivity index (χ3v) is 17.4. The SMILES string of the molecule is CCCCCCCCC/C=C\CCCCCCCCCC(=O)OCCCCCCCCCCCCCC/C=C\CCCCCCCCCCCCC(=O)NC(CO)C(O)/C=C/CCCCCCCCCCCCCCCCCCCCC. The Morgan fingerprint density at radius 1 is 0.329 bits per heavy atom. The molecule has 0 aliphatic carbocycles. The Morgan fingerprint density at radius 3 is 0.866 bits per heavy atom. The van der Waals surface area contributed by atoms with Gasteiger partial charge in [-0.1, -0.05) is 352 Å². The van der Waals surface area contributed by atoms with Crippen molar-refractivity contribution in [2.75, 3.05) is 13.2 Å². The van der Waals surface area contributed by atoms with Gasteiger partial charge in [-0.2, -0.15) is 0 Å². The van der Waals surface area contributed by atoms with Crippen LogP contribution in [0.3, 0.4) is 0 Å². The second-order valence-corrected chi connectivity index (χ2v) is 25.6. The topological polar surface area (TPSA) is 95.9 Å². The second-order valence-electron chi connectivity index (χ2n) is 25.6. The molecule has 2 atom stereocenters. The minimum Gasteiger partial charge on any atom is -0.466 e. The van der Waals surface area contributed by atoms with E-state index in [1.54, 1.807) is 6.08 Å². The van der Waals surface area contributed by atoms with E-state index >= 15 is 0 Å². The van der Waals surface area contributed by atoms with Crippen molar-refractivity contribution >= 4 is 11.9 Å². The minimum atomic E-state index is -0.847. The van der Waals surface area contributed by atoms with Gasteiger partial charge in [0.05, 0.1) is 25.4 Å². The fraction of sp³-hybridized carbons (Fsp3) is 0.895. The highest BCUT2D eigenvalue weighted by atomic mass is 16.5. The summed E-state index contributed by atoms with van der Waals surface area (Å²) in [6, 6.07) is -0.631. The Balaban J connectivity index is 3.41. The Labute approximate surface area is 513 Å². The summed E-state index contributed by atoms with van der Waals surface area (Å²) < 4.78 is 5.51. The van der Waals surface area contributed by atoms with Crippen molar-refractivity contribution in [1.82, 2.24) is 5.32 Å². The Kier molecular flexibility index (Phi) is 69.9. The maximum Gasteiger partial charge on any atom is 0.305 e. The molecule has 0 spiro atoms. The van der Waals surface area contributed by atoms with Gasteiger partial charge in [0.25, 0.3) is 0 Å². The van der Waals surface area contributed by atoms with Crippen LogP contribution < -0.4 is 5.32 Å². The smallest absolute Gasteiger partial charge is 0.305 e. The van der Waals surface area contributed by atoms with Gasteiger partial charge in [0.2, 0.25) is 5.91 Å². The lowest BCUT2D eigenvalue weighted by atomic mass is 10.0. The Hall–Kier alpha value is -1.92. The number of allylic oxidation sites excluding steroid dienone is 5. The van der Waals surface area contributed by atoms with Crippen LogP contribution in [0.2, 0.25) is 0 Å². The first-order valence-corrected chi connectivity index (χ1v) is 37.3. The van der Waals surface area contributed by atoms with Crippen LogP contribution in [-0.4, -0.2) is 47.4 Å². The van der Waals surface area contributed by atoms with E-state index in [9.17, 15) is 19.8 Å². The van der Waals surface area contributed by atoms with Gasteiger partial charge in [-0.05, 0) is 83.5 Å². The summed E-state index contributed by atoms with van der Waals surface area (Å²) in [5.41, 5.74) is 0. The highest BCUT2D eigenvalue weighted by Crippen LogP contribution is 2.19. The van der Waals surface area contributed by atoms with Gasteiger partial charge in [0, 0.05) is 12.8 Å². The average Bonchev–Trinajstić information content (AvgIpc) is 3.48. The zero-order valence-corrected chi connectivity index (χ0v) is 55.5. The number of unbranched alkanes of at least 4 members (excludes halogenated alkanes) is 55. The number of carbonyl (C=O) groups excluding carboxylic acids is 2. The van der Waals surface area contributed by atoms with Gasteiger partial charge < -0.3 is 20.3 Å². The number of aliphatic hydroxyl groups is 2. The van der Waals surface area contributed by atoms with Crippen LogP contribution in [0.15, 0.2) is 36.5 Å². The van der Waals surface area contributed by atoms with Crippen LogP contribution in [0, 0.1) is 0 Å².